The zero-order valence-electron chi connectivity index (χ0n) is 14.8. The van der Waals surface area contributed by atoms with Crippen LogP contribution in [0.4, 0.5) is 4.79 Å². The first-order chi connectivity index (χ1) is 12.3. The standard InChI is InChI=1S/C18H23BrN2O5/c1-5-8-14(20-18(23)24)16(22)21(11-12(2)19)17(26-4)13-9-6-7-10-15(13)25-3/h5-7,9-10,14,17,20H,1-2,8,11H2,3-4H3,(H,23,24)/t14-,17?/m1/s1. The van der Waals surface area contributed by atoms with Crippen LogP contribution >= 0.6 is 15.9 Å². The predicted octanol–water partition coefficient (Wildman–Crippen LogP) is 3.29. The molecule has 2 N–H and O–H groups in total. The van der Waals surface area contributed by atoms with Crippen molar-refractivity contribution >= 4 is 27.9 Å². The molecule has 0 saturated heterocycles. The minimum Gasteiger partial charge on any atom is -0.496 e. The third-order valence-electron chi connectivity index (χ3n) is 3.53. The van der Waals surface area contributed by atoms with E-state index in [1.54, 1.807) is 24.3 Å². The average molecular weight is 427 g/mol. The van der Waals surface area contributed by atoms with Gasteiger partial charge in [-0.3, -0.25) is 4.79 Å². The summed E-state index contributed by atoms with van der Waals surface area (Å²) in [6.07, 6.45) is -0.478. The summed E-state index contributed by atoms with van der Waals surface area (Å²) in [6.45, 7) is 7.47. The van der Waals surface area contributed by atoms with Gasteiger partial charge in [-0.2, -0.15) is 0 Å². The zero-order chi connectivity index (χ0) is 19.7. The predicted molar refractivity (Wildman–Crippen MR) is 102 cm³/mol. The maximum atomic E-state index is 13.0. The Balaban J connectivity index is 3.31. The van der Waals surface area contributed by atoms with Gasteiger partial charge in [0.05, 0.1) is 13.7 Å². The fourth-order valence-corrected chi connectivity index (χ4v) is 2.76. The van der Waals surface area contributed by atoms with Crippen LogP contribution in [0, 0.1) is 0 Å². The molecular weight excluding hydrogens is 404 g/mol. The van der Waals surface area contributed by atoms with Crippen LogP contribution in [0.1, 0.15) is 18.2 Å². The SMILES string of the molecule is C=CC[C@@H](NC(=O)O)C(=O)N(CC(=C)Br)C(OC)c1ccccc1OC. The van der Waals surface area contributed by atoms with Crippen molar-refractivity contribution in [2.75, 3.05) is 20.8 Å². The van der Waals surface area contributed by atoms with Gasteiger partial charge < -0.3 is 24.8 Å². The third kappa shape index (κ3) is 5.89. The lowest BCUT2D eigenvalue weighted by Gasteiger charge is -2.34. The fraction of sp³-hybridized carbons (Fsp3) is 0.333. The lowest BCUT2D eigenvalue weighted by Crippen LogP contribution is -2.49. The minimum atomic E-state index is -1.30. The van der Waals surface area contributed by atoms with Crippen LogP contribution in [0.5, 0.6) is 5.75 Å². The zero-order valence-corrected chi connectivity index (χ0v) is 16.4. The second kappa shape index (κ2) is 10.6. The highest BCUT2D eigenvalue weighted by molar-refractivity contribution is 9.11. The molecule has 0 radical (unpaired) electrons. The van der Waals surface area contributed by atoms with E-state index in [1.807, 2.05) is 0 Å². The molecule has 0 aliphatic heterocycles. The van der Waals surface area contributed by atoms with Gasteiger partial charge in [0.2, 0.25) is 5.91 Å². The number of nitrogens with one attached hydrogen (secondary N) is 1. The van der Waals surface area contributed by atoms with Crippen LogP contribution < -0.4 is 10.1 Å². The molecular formula is C18H23BrN2O5. The number of amides is 2. The van der Waals surface area contributed by atoms with Gasteiger partial charge in [-0.1, -0.05) is 46.8 Å². The van der Waals surface area contributed by atoms with Crippen LogP contribution in [0.25, 0.3) is 0 Å². The van der Waals surface area contributed by atoms with Gasteiger partial charge in [-0.15, -0.1) is 6.58 Å². The number of halogens is 1. The Bertz CT molecular complexity index is 665. The molecule has 1 aromatic carbocycles. The van der Waals surface area contributed by atoms with Gasteiger partial charge in [-0.25, -0.2) is 4.79 Å². The first kappa shape index (κ1) is 21.7. The minimum absolute atomic E-state index is 0.115. The van der Waals surface area contributed by atoms with Crippen LogP contribution in [0.2, 0.25) is 0 Å². The molecule has 1 rings (SSSR count). The van der Waals surface area contributed by atoms with Gasteiger partial charge in [0.1, 0.15) is 11.8 Å². The number of benzene rings is 1. The third-order valence-corrected chi connectivity index (χ3v) is 3.79. The van der Waals surface area contributed by atoms with Crippen LogP contribution in [0.3, 0.4) is 0 Å². The maximum Gasteiger partial charge on any atom is 0.405 e. The summed E-state index contributed by atoms with van der Waals surface area (Å²) in [5.74, 6) is 0.0782. The van der Waals surface area contributed by atoms with Gasteiger partial charge in [0, 0.05) is 17.2 Å². The maximum absolute atomic E-state index is 13.0. The molecule has 0 bridgehead atoms. The number of hydrogen-bond acceptors (Lipinski definition) is 4. The smallest absolute Gasteiger partial charge is 0.405 e. The number of carboxylic acid groups (broad SMARTS) is 1. The van der Waals surface area contributed by atoms with Crippen molar-refractivity contribution in [1.82, 2.24) is 10.2 Å². The number of para-hydroxylation sites is 1. The first-order valence-corrected chi connectivity index (χ1v) is 8.54. The van der Waals surface area contributed by atoms with E-state index in [-0.39, 0.29) is 13.0 Å². The molecule has 2 amide bonds. The fourth-order valence-electron chi connectivity index (χ4n) is 2.49. The first-order valence-electron chi connectivity index (χ1n) is 7.75. The van der Waals surface area contributed by atoms with E-state index in [0.29, 0.717) is 15.8 Å². The second-order valence-corrected chi connectivity index (χ2v) is 6.46. The Kier molecular flexibility index (Phi) is 8.87. The number of hydrogen-bond donors (Lipinski definition) is 2. The summed E-state index contributed by atoms with van der Waals surface area (Å²) in [6, 6.07) is 6.13. The number of methoxy groups -OCH3 is 2. The van der Waals surface area contributed by atoms with Crippen molar-refractivity contribution in [3.8, 4) is 5.75 Å². The number of carbonyl (C=O) groups is 2. The van der Waals surface area contributed by atoms with E-state index in [1.165, 1.54) is 25.2 Å². The Morgan fingerprint density at radius 1 is 1.38 bits per heavy atom. The van der Waals surface area contributed by atoms with Crippen LogP contribution in [-0.4, -0.2) is 48.8 Å². The van der Waals surface area contributed by atoms with Crippen molar-refractivity contribution < 1.29 is 24.2 Å². The summed E-state index contributed by atoms with van der Waals surface area (Å²) < 4.78 is 11.5. The highest BCUT2D eigenvalue weighted by atomic mass is 79.9. The molecule has 0 spiro atoms. The summed E-state index contributed by atoms with van der Waals surface area (Å²) in [4.78, 5) is 25.5. The lowest BCUT2D eigenvalue weighted by molar-refractivity contribution is -0.145. The Morgan fingerprint density at radius 2 is 2.04 bits per heavy atom. The van der Waals surface area contributed by atoms with Crippen LogP contribution in [-0.2, 0) is 9.53 Å². The molecule has 1 unspecified atom stereocenters. The normalized spacial score (nSPS) is 12.6. The molecule has 2 atom stereocenters. The molecule has 0 saturated carbocycles. The van der Waals surface area contributed by atoms with Gasteiger partial charge >= 0.3 is 6.09 Å². The Morgan fingerprint density at radius 3 is 2.54 bits per heavy atom. The number of nitrogens with zero attached hydrogens (tertiary/aromatic N) is 1. The highest BCUT2D eigenvalue weighted by Crippen LogP contribution is 2.31. The highest BCUT2D eigenvalue weighted by Gasteiger charge is 2.32. The molecule has 0 aliphatic carbocycles. The quantitative estimate of drug-likeness (QED) is 0.442. The van der Waals surface area contributed by atoms with Gasteiger partial charge in [0.15, 0.2) is 6.23 Å². The van der Waals surface area contributed by atoms with Crippen molar-refractivity contribution in [3.05, 3.63) is 53.5 Å². The van der Waals surface area contributed by atoms with Crippen molar-refractivity contribution in [2.24, 2.45) is 0 Å². The van der Waals surface area contributed by atoms with Gasteiger partial charge in [0.25, 0.3) is 0 Å². The lowest BCUT2D eigenvalue weighted by atomic mass is 10.1. The Labute approximate surface area is 161 Å². The molecule has 0 aromatic heterocycles. The Hall–Kier alpha value is -2.32. The molecule has 0 heterocycles. The molecule has 0 fully saturated rings. The summed E-state index contributed by atoms with van der Waals surface area (Å²) in [5.41, 5.74) is 0.632. The molecule has 8 heteroatoms. The molecule has 26 heavy (non-hydrogen) atoms. The van der Waals surface area contributed by atoms with E-state index < -0.39 is 24.3 Å². The van der Waals surface area contributed by atoms with E-state index in [4.69, 9.17) is 14.6 Å². The summed E-state index contributed by atoms with van der Waals surface area (Å²) in [5, 5.41) is 11.2. The van der Waals surface area contributed by atoms with E-state index in [0.717, 1.165) is 0 Å². The van der Waals surface area contributed by atoms with Crippen molar-refractivity contribution in [1.29, 1.82) is 0 Å². The van der Waals surface area contributed by atoms with Gasteiger partial charge in [-0.05, 0) is 12.5 Å². The topological polar surface area (TPSA) is 88.1 Å². The second-order valence-electron chi connectivity index (χ2n) is 5.34. The van der Waals surface area contributed by atoms with E-state index in [9.17, 15) is 9.59 Å². The number of rotatable bonds is 10. The average Bonchev–Trinajstić information content (AvgIpc) is 2.60. The van der Waals surface area contributed by atoms with Crippen LogP contribution in [0.15, 0.2) is 48.0 Å². The monoisotopic (exact) mass is 426 g/mol. The van der Waals surface area contributed by atoms with Crippen molar-refractivity contribution in [3.63, 3.8) is 0 Å². The molecule has 1 aromatic rings. The summed E-state index contributed by atoms with van der Waals surface area (Å²) in [7, 11) is 2.98. The summed E-state index contributed by atoms with van der Waals surface area (Å²) >= 11 is 3.26. The molecule has 7 nitrogen and oxygen atoms in total. The van der Waals surface area contributed by atoms with Crippen molar-refractivity contribution in [2.45, 2.75) is 18.7 Å². The number of carbonyl (C=O) groups excluding carboxylic acids is 1. The number of ether oxygens (including phenoxy) is 2. The largest absolute Gasteiger partial charge is 0.496 e. The molecule has 0 aliphatic rings. The van der Waals surface area contributed by atoms with E-state index >= 15 is 0 Å². The van der Waals surface area contributed by atoms with E-state index in [2.05, 4.69) is 34.4 Å². The molecule has 142 valence electrons.